The lowest BCUT2D eigenvalue weighted by Gasteiger charge is -2.17. The van der Waals surface area contributed by atoms with Crippen molar-refractivity contribution in [2.75, 3.05) is 25.5 Å². The molecule has 1 fully saturated rings. The van der Waals surface area contributed by atoms with Crippen molar-refractivity contribution >= 4 is 28.9 Å². The van der Waals surface area contributed by atoms with Gasteiger partial charge in [0.25, 0.3) is 0 Å². The third-order valence-corrected chi connectivity index (χ3v) is 3.93. The van der Waals surface area contributed by atoms with Gasteiger partial charge in [-0.15, -0.1) is 0 Å². The summed E-state index contributed by atoms with van der Waals surface area (Å²) in [6.07, 6.45) is 2.55. The Morgan fingerprint density at radius 1 is 1.25 bits per heavy atom. The zero-order valence-electron chi connectivity index (χ0n) is 9.32. The Bertz CT molecular complexity index is 375. The summed E-state index contributed by atoms with van der Waals surface area (Å²) in [5, 5.41) is 7.84. The average Bonchev–Trinajstić information content (AvgIpc) is 3.02. The van der Waals surface area contributed by atoms with E-state index in [-0.39, 0.29) is 0 Å². The molecule has 0 bridgehead atoms. The summed E-state index contributed by atoms with van der Waals surface area (Å²) in [7, 11) is 1.99. The fourth-order valence-electron chi connectivity index (χ4n) is 1.89. The molecule has 2 N–H and O–H groups in total. The van der Waals surface area contributed by atoms with E-state index in [0.717, 1.165) is 18.8 Å². The Labute approximate surface area is 106 Å². The predicted octanol–water partition coefficient (Wildman–Crippen LogP) is 3.40. The van der Waals surface area contributed by atoms with E-state index in [4.69, 9.17) is 23.2 Å². The van der Waals surface area contributed by atoms with Crippen LogP contribution in [0.4, 0.5) is 5.69 Å². The van der Waals surface area contributed by atoms with Gasteiger partial charge in [0.1, 0.15) is 0 Å². The summed E-state index contributed by atoms with van der Waals surface area (Å²) in [5.41, 5.74) is 1.34. The van der Waals surface area contributed by atoms with Crippen molar-refractivity contribution < 1.29 is 0 Å². The Hall–Kier alpha value is -0.440. The molecular formula is C12H16Cl2N2. The van der Waals surface area contributed by atoms with E-state index in [0.29, 0.717) is 15.5 Å². The van der Waals surface area contributed by atoms with Crippen LogP contribution in [0.3, 0.4) is 0 Å². The molecule has 0 radical (unpaired) electrons. The van der Waals surface area contributed by atoms with Crippen LogP contribution in [-0.4, -0.2) is 20.1 Å². The van der Waals surface area contributed by atoms with Crippen molar-refractivity contribution in [2.24, 2.45) is 5.41 Å². The molecule has 0 unspecified atom stereocenters. The Morgan fingerprint density at radius 3 is 2.62 bits per heavy atom. The highest BCUT2D eigenvalue weighted by Gasteiger charge is 2.41. The van der Waals surface area contributed by atoms with Crippen LogP contribution in [0.5, 0.6) is 0 Å². The maximum absolute atomic E-state index is 6.11. The molecule has 1 aromatic carbocycles. The molecule has 1 saturated carbocycles. The smallest absolute Gasteiger partial charge is 0.0823 e. The summed E-state index contributed by atoms with van der Waals surface area (Å²) in [6.45, 7) is 2.01. The van der Waals surface area contributed by atoms with Crippen molar-refractivity contribution in [1.29, 1.82) is 0 Å². The molecule has 16 heavy (non-hydrogen) atoms. The lowest BCUT2D eigenvalue weighted by Crippen LogP contribution is -2.26. The molecule has 1 aliphatic carbocycles. The zero-order valence-corrected chi connectivity index (χ0v) is 10.8. The van der Waals surface area contributed by atoms with Crippen LogP contribution in [0.25, 0.3) is 0 Å². The van der Waals surface area contributed by atoms with E-state index in [1.54, 1.807) is 6.07 Å². The largest absolute Gasteiger partial charge is 0.383 e. The van der Waals surface area contributed by atoms with E-state index in [1.165, 1.54) is 12.8 Å². The summed E-state index contributed by atoms with van der Waals surface area (Å²) >= 11 is 12.1. The van der Waals surface area contributed by atoms with E-state index in [2.05, 4.69) is 10.6 Å². The second kappa shape index (κ2) is 4.82. The summed E-state index contributed by atoms with van der Waals surface area (Å²) in [4.78, 5) is 0. The maximum atomic E-state index is 6.11. The number of benzene rings is 1. The first-order chi connectivity index (χ1) is 7.67. The van der Waals surface area contributed by atoms with Crippen molar-refractivity contribution in [3.8, 4) is 0 Å². The minimum Gasteiger partial charge on any atom is -0.383 e. The van der Waals surface area contributed by atoms with Gasteiger partial charge in [0, 0.05) is 18.5 Å². The summed E-state index contributed by atoms with van der Waals surface area (Å²) < 4.78 is 0. The van der Waals surface area contributed by atoms with Crippen LogP contribution in [0, 0.1) is 5.41 Å². The van der Waals surface area contributed by atoms with Crippen molar-refractivity contribution in [3.05, 3.63) is 28.2 Å². The van der Waals surface area contributed by atoms with Gasteiger partial charge < -0.3 is 10.6 Å². The minimum atomic E-state index is 0.417. The molecule has 88 valence electrons. The Morgan fingerprint density at radius 2 is 2.00 bits per heavy atom. The standard InChI is InChI=1S/C12H16Cl2N2/c1-15-7-12(5-6-12)8-16-10-4-2-3-9(13)11(10)14/h2-4,15-16H,5-8H2,1H3. The van der Waals surface area contributed by atoms with E-state index in [1.807, 2.05) is 19.2 Å². The zero-order chi connectivity index (χ0) is 11.6. The molecule has 0 aliphatic heterocycles. The Kier molecular flexibility index (Phi) is 3.63. The average molecular weight is 259 g/mol. The molecule has 1 aliphatic rings. The molecule has 2 nitrogen and oxygen atoms in total. The van der Waals surface area contributed by atoms with Crippen LogP contribution in [0.1, 0.15) is 12.8 Å². The molecule has 0 aromatic heterocycles. The second-order valence-electron chi connectivity index (χ2n) is 4.49. The van der Waals surface area contributed by atoms with Crippen molar-refractivity contribution in [2.45, 2.75) is 12.8 Å². The van der Waals surface area contributed by atoms with Gasteiger partial charge >= 0.3 is 0 Å². The highest BCUT2D eigenvalue weighted by atomic mass is 35.5. The number of hydrogen-bond acceptors (Lipinski definition) is 2. The van der Waals surface area contributed by atoms with Gasteiger partial charge in [-0.1, -0.05) is 29.3 Å². The molecule has 0 heterocycles. The van der Waals surface area contributed by atoms with Crippen LogP contribution >= 0.6 is 23.2 Å². The topological polar surface area (TPSA) is 24.1 Å². The first-order valence-electron chi connectivity index (χ1n) is 5.49. The van der Waals surface area contributed by atoms with Gasteiger partial charge in [-0.2, -0.15) is 0 Å². The molecule has 4 heteroatoms. The molecular weight excluding hydrogens is 243 g/mol. The normalized spacial score (nSPS) is 17.2. The third-order valence-electron chi connectivity index (χ3n) is 3.11. The van der Waals surface area contributed by atoms with E-state index < -0.39 is 0 Å². The van der Waals surface area contributed by atoms with Crippen LogP contribution in [-0.2, 0) is 0 Å². The molecule has 2 rings (SSSR count). The fourth-order valence-corrected chi connectivity index (χ4v) is 2.26. The van der Waals surface area contributed by atoms with Crippen molar-refractivity contribution in [3.63, 3.8) is 0 Å². The van der Waals surface area contributed by atoms with Gasteiger partial charge in [0.05, 0.1) is 15.7 Å². The first-order valence-corrected chi connectivity index (χ1v) is 6.25. The number of nitrogens with one attached hydrogen (secondary N) is 2. The van der Waals surface area contributed by atoms with E-state index in [9.17, 15) is 0 Å². The lowest BCUT2D eigenvalue weighted by molar-refractivity contribution is 0.507. The SMILES string of the molecule is CNCC1(CNc2cccc(Cl)c2Cl)CC1. The summed E-state index contributed by atoms with van der Waals surface area (Å²) in [5.74, 6) is 0. The minimum absolute atomic E-state index is 0.417. The Balaban J connectivity index is 1.97. The van der Waals surface area contributed by atoms with Gasteiger partial charge in [-0.05, 0) is 32.0 Å². The van der Waals surface area contributed by atoms with Gasteiger partial charge in [-0.3, -0.25) is 0 Å². The van der Waals surface area contributed by atoms with Crippen LogP contribution in [0.2, 0.25) is 10.0 Å². The molecule has 0 amide bonds. The first kappa shape index (κ1) is 12.0. The van der Waals surface area contributed by atoms with Gasteiger partial charge in [-0.25, -0.2) is 0 Å². The number of anilines is 1. The predicted molar refractivity (Wildman–Crippen MR) is 70.5 cm³/mol. The quantitative estimate of drug-likeness (QED) is 0.846. The maximum Gasteiger partial charge on any atom is 0.0823 e. The second-order valence-corrected chi connectivity index (χ2v) is 5.27. The van der Waals surface area contributed by atoms with Gasteiger partial charge in [0.15, 0.2) is 0 Å². The molecule has 0 saturated heterocycles. The number of hydrogen-bond donors (Lipinski definition) is 2. The van der Waals surface area contributed by atoms with Crippen LogP contribution < -0.4 is 10.6 Å². The third kappa shape index (κ3) is 2.62. The fraction of sp³-hybridized carbons (Fsp3) is 0.500. The molecule has 0 spiro atoms. The van der Waals surface area contributed by atoms with Crippen molar-refractivity contribution in [1.82, 2.24) is 5.32 Å². The lowest BCUT2D eigenvalue weighted by atomic mass is 10.1. The molecule has 0 atom stereocenters. The number of rotatable bonds is 5. The van der Waals surface area contributed by atoms with Gasteiger partial charge in [0.2, 0.25) is 0 Å². The number of halogens is 2. The van der Waals surface area contributed by atoms with E-state index >= 15 is 0 Å². The highest BCUT2D eigenvalue weighted by Crippen LogP contribution is 2.45. The monoisotopic (exact) mass is 258 g/mol. The van der Waals surface area contributed by atoms with Crippen LogP contribution in [0.15, 0.2) is 18.2 Å². The molecule has 1 aromatic rings. The highest BCUT2D eigenvalue weighted by molar-refractivity contribution is 6.43. The summed E-state index contributed by atoms with van der Waals surface area (Å²) in [6, 6.07) is 5.67.